The maximum absolute atomic E-state index is 5.73. The maximum atomic E-state index is 5.73. The molecular weight excluding hydrogens is 124 g/mol. The van der Waals surface area contributed by atoms with Gasteiger partial charge in [0, 0.05) is 18.2 Å². The molecule has 0 aromatic carbocycles. The minimum absolute atomic E-state index is 0.448. The number of nitrogens with two attached hydrogens (primary N) is 2. The molecule has 0 saturated heterocycles. The molecule has 4 N–H and O–H groups in total. The van der Waals surface area contributed by atoms with Gasteiger partial charge in [-0.15, -0.1) is 0 Å². The molecule has 2 heteroatoms. The zero-order valence-electron chi connectivity index (χ0n) is 6.51. The van der Waals surface area contributed by atoms with Gasteiger partial charge >= 0.3 is 0 Å². The second-order valence-electron chi connectivity index (χ2n) is 3.21. The highest BCUT2D eigenvalue weighted by Crippen LogP contribution is 2.24. The molecule has 0 aromatic heterocycles. The Morgan fingerprint density at radius 1 is 1.70 bits per heavy atom. The van der Waals surface area contributed by atoms with Gasteiger partial charge in [-0.25, -0.2) is 0 Å². The number of allylic oxidation sites excluding steroid dienone is 1. The van der Waals surface area contributed by atoms with Gasteiger partial charge in [0.05, 0.1) is 0 Å². The third-order valence-corrected chi connectivity index (χ3v) is 2.20. The van der Waals surface area contributed by atoms with Gasteiger partial charge in [0.1, 0.15) is 0 Å². The van der Waals surface area contributed by atoms with Crippen LogP contribution in [0.3, 0.4) is 0 Å². The van der Waals surface area contributed by atoms with Crippen molar-refractivity contribution >= 4 is 0 Å². The van der Waals surface area contributed by atoms with Crippen LogP contribution in [0.4, 0.5) is 0 Å². The van der Waals surface area contributed by atoms with Gasteiger partial charge in [-0.1, -0.05) is 13.0 Å². The van der Waals surface area contributed by atoms with Crippen molar-refractivity contribution in [2.45, 2.75) is 19.8 Å². The summed E-state index contributed by atoms with van der Waals surface area (Å²) in [5.41, 5.74) is 12.3. The summed E-state index contributed by atoms with van der Waals surface area (Å²) < 4.78 is 0. The predicted molar refractivity (Wildman–Crippen MR) is 43.2 cm³/mol. The van der Waals surface area contributed by atoms with E-state index in [1.807, 2.05) is 0 Å². The molecule has 58 valence electrons. The number of hydrogen-bond acceptors (Lipinski definition) is 2. The summed E-state index contributed by atoms with van der Waals surface area (Å²) >= 11 is 0. The van der Waals surface area contributed by atoms with Crippen LogP contribution in [0, 0.1) is 11.8 Å². The maximum Gasteiger partial charge on any atom is 0.0107 e. The smallest absolute Gasteiger partial charge is 0.0107 e. The van der Waals surface area contributed by atoms with Gasteiger partial charge in [0.15, 0.2) is 0 Å². The van der Waals surface area contributed by atoms with Crippen molar-refractivity contribution in [3.63, 3.8) is 0 Å². The highest BCUT2D eigenvalue weighted by Gasteiger charge is 2.17. The lowest BCUT2D eigenvalue weighted by molar-refractivity contribution is 0.411. The topological polar surface area (TPSA) is 52.0 Å². The molecule has 0 saturated carbocycles. The van der Waals surface area contributed by atoms with Crippen molar-refractivity contribution in [3.8, 4) is 0 Å². The molecule has 0 aromatic rings. The van der Waals surface area contributed by atoms with E-state index >= 15 is 0 Å². The van der Waals surface area contributed by atoms with Crippen LogP contribution in [-0.2, 0) is 0 Å². The first-order chi connectivity index (χ1) is 4.74. The van der Waals surface area contributed by atoms with Crippen molar-refractivity contribution in [2.75, 3.05) is 6.54 Å². The molecule has 0 heterocycles. The highest BCUT2D eigenvalue weighted by molar-refractivity contribution is 5.06. The first-order valence-electron chi connectivity index (χ1n) is 3.89. The number of hydrogen-bond donors (Lipinski definition) is 2. The van der Waals surface area contributed by atoms with Gasteiger partial charge in [0.2, 0.25) is 0 Å². The lowest BCUT2D eigenvalue weighted by atomic mass is 9.86. The zero-order valence-corrected chi connectivity index (χ0v) is 6.51. The fourth-order valence-electron chi connectivity index (χ4n) is 1.45. The average molecular weight is 140 g/mol. The Labute approximate surface area is 62.3 Å². The molecule has 0 aliphatic heterocycles. The molecule has 0 bridgehead atoms. The van der Waals surface area contributed by atoms with Crippen molar-refractivity contribution in [1.29, 1.82) is 0 Å². The Morgan fingerprint density at radius 2 is 2.40 bits per heavy atom. The standard InChI is InChI=1S/C8H16N2/c1-6-2-3-8(10)7(4-6)5-9/h3,6-7H,2,4-5,9-10H2,1H3. The molecule has 2 atom stereocenters. The predicted octanol–water partition coefficient (Wildman–Crippen LogP) is 0.834. The quantitative estimate of drug-likeness (QED) is 0.567. The Kier molecular flexibility index (Phi) is 2.33. The second kappa shape index (κ2) is 3.06. The van der Waals surface area contributed by atoms with Gasteiger partial charge in [-0.3, -0.25) is 0 Å². The minimum Gasteiger partial charge on any atom is -0.402 e. The van der Waals surface area contributed by atoms with E-state index in [-0.39, 0.29) is 0 Å². The van der Waals surface area contributed by atoms with E-state index < -0.39 is 0 Å². The van der Waals surface area contributed by atoms with Gasteiger partial charge in [0.25, 0.3) is 0 Å². The summed E-state index contributed by atoms with van der Waals surface area (Å²) in [5.74, 6) is 1.21. The fourth-order valence-corrected chi connectivity index (χ4v) is 1.45. The van der Waals surface area contributed by atoms with Crippen LogP contribution in [0.5, 0.6) is 0 Å². The van der Waals surface area contributed by atoms with Crippen LogP contribution in [-0.4, -0.2) is 6.54 Å². The van der Waals surface area contributed by atoms with Crippen molar-refractivity contribution in [2.24, 2.45) is 23.3 Å². The molecule has 2 unspecified atom stereocenters. The third-order valence-electron chi connectivity index (χ3n) is 2.20. The van der Waals surface area contributed by atoms with Crippen molar-refractivity contribution < 1.29 is 0 Å². The van der Waals surface area contributed by atoms with E-state index in [0.717, 1.165) is 18.0 Å². The van der Waals surface area contributed by atoms with Gasteiger partial charge < -0.3 is 11.5 Å². The summed E-state index contributed by atoms with van der Waals surface area (Å²) in [6.07, 6.45) is 4.41. The van der Waals surface area contributed by atoms with Crippen LogP contribution in [0.2, 0.25) is 0 Å². The van der Waals surface area contributed by atoms with E-state index in [1.54, 1.807) is 0 Å². The zero-order chi connectivity index (χ0) is 7.56. The van der Waals surface area contributed by atoms with Crippen LogP contribution in [0.1, 0.15) is 19.8 Å². The van der Waals surface area contributed by atoms with E-state index in [4.69, 9.17) is 11.5 Å². The first-order valence-corrected chi connectivity index (χ1v) is 3.89. The van der Waals surface area contributed by atoms with Crippen LogP contribution in [0.25, 0.3) is 0 Å². The van der Waals surface area contributed by atoms with E-state index in [0.29, 0.717) is 12.5 Å². The van der Waals surface area contributed by atoms with E-state index in [2.05, 4.69) is 13.0 Å². The summed E-state index contributed by atoms with van der Waals surface area (Å²) in [4.78, 5) is 0. The van der Waals surface area contributed by atoms with Gasteiger partial charge in [-0.05, 0) is 18.8 Å². The van der Waals surface area contributed by atoms with Gasteiger partial charge in [-0.2, -0.15) is 0 Å². The van der Waals surface area contributed by atoms with Crippen molar-refractivity contribution in [1.82, 2.24) is 0 Å². The number of rotatable bonds is 1. The summed E-state index contributed by atoms with van der Waals surface area (Å²) in [7, 11) is 0. The normalized spacial score (nSPS) is 33.6. The molecule has 10 heavy (non-hydrogen) atoms. The van der Waals surface area contributed by atoms with Crippen LogP contribution in [0.15, 0.2) is 11.8 Å². The fraction of sp³-hybridized carbons (Fsp3) is 0.750. The SMILES string of the molecule is CC1CC=C(N)C(CN)C1. The largest absolute Gasteiger partial charge is 0.402 e. The molecule has 2 nitrogen and oxygen atoms in total. The van der Waals surface area contributed by atoms with E-state index in [1.165, 1.54) is 6.42 Å². The second-order valence-corrected chi connectivity index (χ2v) is 3.21. The first kappa shape index (κ1) is 7.61. The molecule has 0 spiro atoms. The molecule has 1 aliphatic rings. The van der Waals surface area contributed by atoms with Crippen LogP contribution < -0.4 is 11.5 Å². The summed E-state index contributed by atoms with van der Waals surface area (Å²) in [6.45, 7) is 2.94. The monoisotopic (exact) mass is 140 g/mol. The van der Waals surface area contributed by atoms with E-state index in [9.17, 15) is 0 Å². The Morgan fingerprint density at radius 3 is 2.90 bits per heavy atom. The molecule has 1 rings (SSSR count). The lowest BCUT2D eigenvalue weighted by Gasteiger charge is -2.24. The molecular formula is C8H16N2. The average Bonchev–Trinajstić information content (AvgIpc) is 1.94. The highest BCUT2D eigenvalue weighted by atomic mass is 14.7. The van der Waals surface area contributed by atoms with Crippen LogP contribution >= 0.6 is 0 Å². The molecule has 0 fully saturated rings. The summed E-state index contributed by atoms with van der Waals surface area (Å²) in [5, 5.41) is 0. The minimum atomic E-state index is 0.448. The van der Waals surface area contributed by atoms with Crippen molar-refractivity contribution in [3.05, 3.63) is 11.8 Å². The lowest BCUT2D eigenvalue weighted by Crippen LogP contribution is -2.26. The third kappa shape index (κ3) is 1.51. The molecule has 1 aliphatic carbocycles. The summed E-state index contributed by atoms with van der Waals surface area (Å²) in [6, 6.07) is 0. The Balaban J connectivity index is 2.56. The Bertz CT molecular complexity index is 140. The molecule has 0 amide bonds. The Hall–Kier alpha value is -0.500. The molecule has 0 radical (unpaired) electrons.